The summed E-state index contributed by atoms with van der Waals surface area (Å²) in [7, 11) is 0. The van der Waals surface area contributed by atoms with E-state index in [4.69, 9.17) is 0 Å². The topological polar surface area (TPSA) is 24.7 Å². The standard InChI is InChI=1S/C4H5FN2/c1-3-2-6-7-4(3)5/h2-3H,1H3. The van der Waals surface area contributed by atoms with Crippen molar-refractivity contribution in [3.05, 3.63) is 0 Å². The molecule has 0 fully saturated rings. The Morgan fingerprint density at radius 3 is 2.71 bits per heavy atom. The highest BCUT2D eigenvalue weighted by molar-refractivity contribution is 5.95. The van der Waals surface area contributed by atoms with E-state index >= 15 is 0 Å². The molecule has 7 heavy (non-hydrogen) atoms. The van der Waals surface area contributed by atoms with Crippen LogP contribution in [0.15, 0.2) is 10.2 Å². The highest BCUT2D eigenvalue weighted by Crippen LogP contribution is 2.03. The zero-order valence-electron chi connectivity index (χ0n) is 3.93. The Kier molecular flexibility index (Phi) is 0.889. The summed E-state index contributed by atoms with van der Waals surface area (Å²) in [5, 5.41) is 6.47. The third-order valence-electron chi connectivity index (χ3n) is 0.819. The molecular weight excluding hydrogens is 95.1 g/mol. The number of rotatable bonds is 0. The highest BCUT2D eigenvalue weighted by atomic mass is 19.1. The van der Waals surface area contributed by atoms with Crippen molar-refractivity contribution in [3.8, 4) is 0 Å². The Labute approximate surface area is 40.8 Å². The second-order valence-electron chi connectivity index (χ2n) is 1.48. The number of halogens is 1. The predicted molar refractivity (Wildman–Crippen MR) is 26.2 cm³/mol. The van der Waals surface area contributed by atoms with E-state index in [2.05, 4.69) is 10.2 Å². The lowest BCUT2D eigenvalue weighted by Gasteiger charge is -1.86. The van der Waals surface area contributed by atoms with Gasteiger partial charge in [0.1, 0.15) is 0 Å². The molecule has 0 aromatic heterocycles. The van der Waals surface area contributed by atoms with Crippen molar-refractivity contribution in [3.63, 3.8) is 0 Å². The number of nitrogens with zero attached hydrogens (tertiary/aromatic N) is 2. The van der Waals surface area contributed by atoms with Gasteiger partial charge in [-0.3, -0.25) is 0 Å². The van der Waals surface area contributed by atoms with Crippen molar-refractivity contribution in [2.45, 2.75) is 6.92 Å². The molecule has 2 nitrogen and oxygen atoms in total. The first-order chi connectivity index (χ1) is 3.30. The minimum Gasteiger partial charge on any atom is -0.187 e. The number of hydrogen-bond acceptors (Lipinski definition) is 2. The average Bonchev–Trinajstić information content (AvgIpc) is 1.91. The van der Waals surface area contributed by atoms with E-state index in [-0.39, 0.29) is 11.9 Å². The lowest BCUT2D eigenvalue weighted by Crippen LogP contribution is -1.99. The first-order valence-corrected chi connectivity index (χ1v) is 2.07. The first-order valence-electron chi connectivity index (χ1n) is 2.07. The maximum atomic E-state index is 11.9. The molecule has 1 aliphatic rings. The fourth-order valence-electron chi connectivity index (χ4n) is 0.341. The summed E-state index contributed by atoms with van der Waals surface area (Å²) in [6.45, 7) is 1.70. The highest BCUT2D eigenvalue weighted by Gasteiger charge is 2.10. The van der Waals surface area contributed by atoms with Gasteiger partial charge in [-0.2, -0.15) is 9.49 Å². The van der Waals surface area contributed by atoms with Crippen LogP contribution in [-0.4, -0.2) is 12.2 Å². The molecule has 0 N–H and O–H groups in total. The van der Waals surface area contributed by atoms with Crippen molar-refractivity contribution in [2.75, 3.05) is 0 Å². The summed E-state index contributed by atoms with van der Waals surface area (Å²) in [6, 6.07) is 0. The molecular formula is C4H5FN2. The minimum atomic E-state index is -0.389. The van der Waals surface area contributed by atoms with Crippen LogP contribution < -0.4 is 0 Å². The van der Waals surface area contributed by atoms with Crippen LogP contribution in [0.5, 0.6) is 0 Å². The van der Waals surface area contributed by atoms with E-state index in [0.717, 1.165) is 0 Å². The zero-order chi connectivity index (χ0) is 5.28. The van der Waals surface area contributed by atoms with Crippen LogP contribution >= 0.6 is 0 Å². The van der Waals surface area contributed by atoms with Gasteiger partial charge in [-0.05, 0) is 6.92 Å². The summed E-state index contributed by atoms with van der Waals surface area (Å²) in [6.07, 6.45) is 1.47. The van der Waals surface area contributed by atoms with Gasteiger partial charge in [-0.25, -0.2) is 0 Å². The van der Waals surface area contributed by atoms with E-state index in [1.165, 1.54) is 6.21 Å². The lowest BCUT2D eigenvalue weighted by molar-refractivity contribution is 0.748. The molecule has 0 saturated heterocycles. The van der Waals surface area contributed by atoms with Crippen molar-refractivity contribution >= 4 is 12.2 Å². The zero-order valence-corrected chi connectivity index (χ0v) is 3.93. The summed E-state index contributed by atoms with van der Waals surface area (Å²) >= 11 is 0. The van der Waals surface area contributed by atoms with Gasteiger partial charge >= 0.3 is 0 Å². The fourth-order valence-corrected chi connectivity index (χ4v) is 0.341. The van der Waals surface area contributed by atoms with Gasteiger partial charge in [0.15, 0.2) is 0 Å². The maximum absolute atomic E-state index is 11.9. The maximum Gasteiger partial charge on any atom is 0.218 e. The van der Waals surface area contributed by atoms with Gasteiger partial charge in [-0.1, -0.05) is 0 Å². The Balaban J connectivity index is 2.69. The Morgan fingerprint density at radius 2 is 2.57 bits per heavy atom. The van der Waals surface area contributed by atoms with Gasteiger partial charge in [-0.15, -0.1) is 5.10 Å². The van der Waals surface area contributed by atoms with Gasteiger partial charge < -0.3 is 0 Å². The molecule has 0 bridgehead atoms. The first kappa shape index (κ1) is 4.43. The third-order valence-corrected chi connectivity index (χ3v) is 0.819. The molecule has 1 unspecified atom stereocenters. The van der Waals surface area contributed by atoms with Crippen LogP contribution in [0.1, 0.15) is 6.92 Å². The SMILES string of the molecule is CC1C=NN=C1F. The van der Waals surface area contributed by atoms with Crippen LogP contribution in [0.3, 0.4) is 0 Å². The summed E-state index contributed by atoms with van der Waals surface area (Å²) in [4.78, 5) is 0. The molecule has 0 spiro atoms. The van der Waals surface area contributed by atoms with Crippen molar-refractivity contribution in [1.82, 2.24) is 0 Å². The second-order valence-corrected chi connectivity index (χ2v) is 1.48. The quantitative estimate of drug-likeness (QED) is 0.433. The Hall–Kier alpha value is -0.730. The summed E-state index contributed by atoms with van der Waals surface area (Å²) in [5.74, 6) is -0.583. The molecule has 1 rings (SSSR count). The van der Waals surface area contributed by atoms with Gasteiger partial charge in [0.25, 0.3) is 0 Å². The smallest absolute Gasteiger partial charge is 0.187 e. The molecule has 0 aromatic carbocycles. The summed E-state index contributed by atoms with van der Waals surface area (Å²) < 4.78 is 11.9. The monoisotopic (exact) mass is 100 g/mol. The molecule has 0 aliphatic carbocycles. The van der Waals surface area contributed by atoms with Crippen molar-refractivity contribution in [2.24, 2.45) is 16.1 Å². The third kappa shape index (κ3) is 0.656. The predicted octanol–water partition coefficient (Wildman–Crippen LogP) is 0.990. The van der Waals surface area contributed by atoms with Gasteiger partial charge in [0.2, 0.25) is 5.97 Å². The molecule has 0 aromatic rings. The second kappa shape index (κ2) is 1.40. The fraction of sp³-hybridized carbons (Fsp3) is 0.500. The van der Waals surface area contributed by atoms with E-state index in [9.17, 15) is 4.39 Å². The van der Waals surface area contributed by atoms with E-state index in [1.54, 1.807) is 6.92 Å². The van der Waals surface area contributed by atoms with Gasteiger partial charge in [0, 0.05) is 6.21 Å². The minimum absolute atomic E-state index is 0.194. The normalized spacial score (nSPS) is 28.3. The average molecular weight is 100 g/mol. The molecule has 1 heterocycles. The number of hydrogen-bond donors (Lipinski definition) is 0. The van der Waals surface area contributed by atoms with E-state index < -0.39 is 0 Å². The van der Waals surface area contributed by atoms with Crippen LogP contribution in [0.4, 0.5) is 4.39 Å². The van der Waals surface area contributed by atoms with Gasteiger partial charge in [0.05, 0.1) is 5.92 Å². The Morgan fingerprint density at radius 1 is 1.86 bits per heavy atom. The molecule has 3 heteroatoms. The lowest BCUT2D eigenvalue weighted by atomic mass is 10.2. The van der Waals surface area contributed by atoms with Crippen molar-refractivity contribution < 1.29 is 4.39 Å². The van der Waals surface area contributed by atoms with Crippen LogP contribution in [0, 0.1) is 5.92 Å². The largest absolute Gasteiger partial charge is 0.218 e. The molecule has 38 valence electrons. The molecule has 0 radical (unpaired) electrons. The van der Waals surface area contributed by atoms with Crippen LogP contribution in [0.25, 0.3) is 0 Å². The Bertz CT molecular complexity index is 128. The van der Waals surface area contributed by atoms with Crippen LogP contribution in [0.2, 0.25) is 0 Å². The summed E-state index contributed by atoms with van der Waals surface area (Å²) in [5.41, 5.74) is 0. The molecule has 0 saturated carbocycles. The van der Waals surface area contributed by atoms with E-state index in [0.29, 0.717) is 0 Å². The van der Waals surface area contributed by atoms with Crippen LogP contribution in [-0.2, 0) is 0 Å². The molecule has 1 aliphatic heterocycles. The molecule has 0 amide bonds. The van der Waals surface area contributed by atoms with E-state index in [1.807, 2.05) is 0 Å². The van der Waals surface area contributed by atoms with Crippen molar-refractivity contribution in [1.29, 1.82) is 0 Å². The molecule has 1 atom stereocenters.